The number of aliphatic hydroxyl groups excluding tert-OH is 1. The third-order valence-electron chi connectivity index (χ3n) is 12.4. The maximum absolute atomic E-state index is 14.7. The number of benzene rings is 1. The molecule has 6 unspecified atom stereocenters. The fourth-order valence-corrected chi connectivity index (χ4v) is 9.61. The van der Waals surface area contributed by atoms with Crippen LogP contribution in [0.4, 0.5) is 39.5 Å². The average molecular weight is 717 g/mol. The van der Waals surface area contributed by atoms with Crippen molar-refractivity contribution < 1.29 is 59.6 Å². The molecule has 0 aromatic heterocycles. The van der Waals surface area contributed by atoms with Crippen LogP contribution in [0.15, 0.2) is 18.2 Å². The van der Waals surface area contributed by atoms with Crippen molar-refractivity contribution in [2.24, 2.45) is 28.6 Å². The Bertz CT molecular complexity index is 1300. The van der Waals surface area contributed by atoms with Crippen LogP contribution in [0.2, 0.25) is 0 Å². The number of carboxylic acid groups (broad SMARTS) is 1. The minimum atomic E-state index is -7.01. The highest BCUT2D eigenvalue weighted by Crippen LogP contribution is 2.66. The van der Waals surface area contributed by atoms with Gasteiger partial charge in [0, 0.05) is 6.42 Å². The van der Waals surface area contributed by atoms with Crippen LogP contribution in [0, 0.1) is 28.6 Å². The van der Waals surface area contributed by atoms with E-state index >= 15 is 0 Å². The lowest BCUT2D eigenvalue weighted by Crippen LogP contribution is -2.60. The largest absolute Gasteiger partial charge is 0.508 e. The van der Waals surface area contributed by atoms with Gasteiger partial charge in [0.05, 0.1) is 11.5 Å². The first-order valence-corrected chi connectivity index (χ1v) is 17.6. The number of fused-ring (bicyclic) bond motifs is 5. The van der Waals surface area contributed by atoms with Crippen LogP contribution in [0.3, 0.4) is 0 Å². The van der Waals surface area contributed by atoms with E-state index in [4.69, 9.17) is 0 Å². The summed E-state index contributed by atoms with van der Waals surface area (Å²) in [5, 5.41) is 32.4. The fraction of sp³-hybridized carbons (Fsp3) is 0.806. The first kappa shape index (κ1) is 39.6. The van der Waals surface area contributed by atoms with Crippen molar-refractivity contribution in [2.45, 2.75) is 153 Å². The third-order valence-corrected chi connectivity index (χ3v) is 12.4. The molecule has 3 aliphatic rings. The lowest BCUT2D eigenvalue weighted by atomic mass is 9.47. The lowest BCUT2D eigenvalue weighted by Gasteiger charge is -2.56. The summed E-state index contributed by atoms with van der Waals surface area (Å²) in [4.78, 5) is 13.6. The molecule has 4 nitrogen and oxygen atoms in total. The Morgan fingerprint density at radius 1 is 0.837 bits per heavy atom. The quantitative estimate of drug-likeness (QED) is 0.118. The zero-order valence-electron chi connectivity index (χ0n) is 28.1. The molecular formula is C36H49F9O4. The molecule has 0 aliphatic heterocycles. The van der Waals surface area contributed by atoms with Crippen LogP contribution in [0.5, 0.6) is 5.75 Å². The van der Waals surface area contributed by atoms with E-state index in [0.717, 1.165) is 37.7 Å². The van der Waals surface area contributed by atoms with Crippen molar-refractivity contribution in [3.8, 4) is 5.75 Å². The maximum Gasteiger partial charge on any atom is 0.460 e. The summed E-state index contributed by atoms with van der Waals surface area (Å²) >= 11 is 0. The zero-order valence-corrected chi connectivity index (χ0v) is 28.1. The number of phenols is 1. The Morgan fingerprint density at radius 3 is 2.06 bits per heavy atom. The van der Waals surface area contributed by atoms with Gasteiger partial charge in [-0.05, 0) is 104 Å². The first-order valence-electron chi connectivity index (χ1n) is 17.6. The number of aliphatic carboxylic acids is 1. The molecule has 7 atom stereocenters. The number of aromatic hydroxyl groups is 1. The van der Waals surface area contributed by atoms with Crippen molar-refractivity contribution in [2.75, 3.05) is 0 Å². The number of hydrogen-bond acceptors (Lipinski definition) is 3. The van der Waals surface area contributed by atoms with Crippen molar-refractivity contribution >= 4 is 5.97 Å². The minimum Gasteiger partial charge on any atom is -0.508 e. The molecule has 13 heteroatoms. The Morgan fingerprint density at radius 2 is 1.45 bits per heavy atom. The van der Waals surface area contributed by atoms with E-state index in [1.54, 1.807) is 6.07 Å². The number of unbranched alkanes of at least 4 members (excludes halogenated alkanes) is 6. The van der Waals surface area contributed by atoms with Gasteiger partial charge in [-0.25, -0.2) is 0 Å². The SMILES string of the molecule is CCCCCCCCCC(CCCC(F)(F)C(F)(F)C(F)(F)C(F)(F)F)(C(=O)O)C1Cc2cc(O)ccc2C2CC[C@]3(C)C(O)CCC3C21. The van der Waals surface area contributed by atoms with E-state index in [1.165, 1.54) is 12.1 Å². The van der Waals surface area contributed by atoms with Gasteiger partial charge in [-0.1, -0.05) is 64.9 Å². The number of phenolic OH excluding ortho intramolecular Hbond substituents is 1. The van der Waals surface area contributed by atoms with E-state index in [2.05, 4.69) is 6.92 Å². The molecule has 4 rings (SSSR count). The number of halogens is 9. The van der Waals surface area contributed by atoms with Gasteiger partial charge in [0.1, 0.15) is 5.75 Å². The molecule has 1 aromatic carbocycles. The molecule has 0 heterocycles. The van der Waals surface area contributed by atoms with Gasteiger partial charge in [0.2, 0.25) is 0 Å². The Kier molecular flexibility index (Phi) is 11.7. The monoisotopic (exact) mass is 716 g/mol. The maximum atomic E-state index is 14.7. The number of carbonyl (C=O) groups is 1. The van der Waals surface area contributed by atoms with Crippen molar-refractivity contribution in [1.82, 2.24) is 0 Å². The van der Waals surface area contributed by atoms with Crippen LogP contribution in [0.25, 0.3) is 0 Å². The second-order valence-electron chi connectivity index (χ2n) is 15.2. The van der Waals surface area contributed by atoms with Gasteiger partial charge in [-0.3, -0.25) is 4.79 Å². The number of carboxylic acids is 1. The van der Waals surface area contributed by atoms with Crippen molar-refractivity contribution in [1.29, 1.82) is 0 Å². The standard InChI is InChI=1S/C36H49F9O4/c1-3-4-5-6-7-8-9-16-32(30(48)49,17-10-18-33(37,38)34(39,40)35(41,42)36(43,44)45)27-21-22-20-23(46)11-12-24(22)25-15-19-31(2)26(29(25)27)13-14-28(31)47/h11-12,20,25-29,46-47H,3-10,13-19,21H2,1-2H3,(H,48,49)/t25?,26?,27?,28?,29?,31-,32?/m0/s1. The van der Waals surface area contributed by atoms with Crippen LogP contribution in [-0.2, 0) is 11.2 Å². The summed E-state index contributed by atoms with van der Waals surface area (Å²) in [6, 6.07) is 4.86. The van der Waals surface area contributed by atoms with E-state index in [9.17, 15) is 59.6 Å². The Hall–Kier alpha value is -2.18. The van der Waals surface area contributed by atoms with Crippen LogP contribution in [0.1, 0.15) is 127 Å². The molecule has 0 saturated heterocycles. The van der Waals surface area contributed by atoms with Crippen molar-refractivity contribution in [3.05, 3.63) is 29.3 Å². The van der Waals surface area contributed by atoms with E-state index in [0.29, 0.717) is 44.1 Å². The molecule has 1 aromatic rings. The van der Waals surface area contributed by atoms with Crippen LogP contribution < -0.4 is 0 Å². The molecule has 0 amide bonds. The summed E-state index contributed by atoms with van der Waals surface area (Å²) in [6.45, 7) is 4.01. The highest BCUT2D eigenvalue weighted by molar-refractivity contribution is 5.75. The Labute approximate surface area is 281 Å². The van der Waals surface area contributed by atoms with Crippen LogP contribution in [-0.4, -0.2) is 51.3 Å². The molecule has 2 saturated carbocycles. The van der Waals surface area contributed by atoms with Gasteiger partial charge in [-0.15, -0.1) is 0 Å². The predicted octanol–water partition coefficient (Wildman–Crippen LogP) is 10.7. The summed E-state index contributed by atoms with van der Waals surface area (Å²) in [5.74, 6) is -22.5. The fourth-order valence-electron chi connectivity index (χ4n) is 9.61. The molecule has 0 spiro atoms. The summed E-state index contributed by atoms with van der Waals surface area (Å²) < 4.78 is 124. The van der Waals surface area contributed by atoms with Gasteiger partial charge >= 0.3 is 29.9 Å². The molecule has 3 aliphatic carbocycles. The van der Waals surface area contributed by atoms with Crippen LogP contribution >= 0.6 is 0 Å². The second kappa shape index (κ2) is 14.4. The second-order valence-corrected chi connectivity index (χ2v) is 15.2. The summed E-state index contributed by atoms with van der Waals surface area (Å²) in [5.41, 5.74) is -0.798. The van der Waals surface area contributed by atoms with Crippen molar-refractivity contribution in [3.63, 3.8) is 0 Å². The normalized spacial score (nSPS) is 28.8. The summed E-state index contributed by atoms with van der Waals surface area (Å²) in [7, 11) is 0. The lowest BCUT2D eigenvalue weighted by molar-refractivity contribution is -0.396. The van der Waals surface area contributed by atoms with E-state index in [1.807, 2.05) is 6.92 Å². The predicted molar refractivity (Wildman–Crippen MR) is 165 cm³/mol. The molecule has 0 bridgehead atoms. The van der Waals surface area contributed by atoms with E-state index in [-0.39, 0.29) is 36.3 Å². The Balaban J connectivity index is 1.73. The molecular weight excluding hydrogens is 667 g/mol. The first-order chi connectivity index (χ1) is 22.7. The molecule has 280 valence electrons. The third kappa shape index (κ3) is 7.16. The number of alkyl halides is 9. The number of aliphatic hydroxyl groups is 1. The number of hydrogen-bond donors (Lipinski definition) is 3. The number of rotatable bonds is 16. The highest BCUT2D eigenvalue weighted by Gasteiger charge is 2.81. The molecule has 0 radical (unpaired) electrons. The molecule has 3 N–H and O–H groups in total. The average Bonchev–Trinajstić information content (AvgIpc) is 3.31. The smallest absolute Gasteiger partial charge is 0.460 e. The molecule has 2 fully saturated rings. The minimum absolute atomic E-state index is 0.0369. The summed E-state index contributed by atoms with van der Waals surface area (Å²) in [6.07, 6.45) is -3.38. The molecule has 49 heavy (non-hydrogen) atoms. The van der Waals surface area contributed by atoms with Gasteiger partial charge in [0.25, 0.3) is 0 Å². The van der Waals surface area contributed by atoms with Gasteiger partial charge < -0.3 is 15.3 Å². The van der Waals surface area contributed by atoms with Gasteiger partial charge in [-0.2, -0.15) is 39.5 Å². The zero-order chi connectivity index (χ0) is 36.6. The van der Waals surface area contributed by atoms with Gasteiger partial charge in [0.15, 0.2) is 0 Å². The van der Waals surface area contributed by atoms with E-state index < -0.39 is 72.0 Å². The topological polar surface area (TPSA) is 77.8 Å². The highest BCUT2D eigenvalue weighted by atomic mass is 19.4.